The monoisotopic (exact) mass is 262 g/mol. The van der Waals surface area contributed by atoms with Crippen LogP contribution in [-0.2, 0) is 11.3 Å². The topological polar surface area (TPSA) is 64.3 Å². The van der Waals surface area contributed by atoms with Gasteiger partial charge in [0.1, 0.15) is 5.75 Å². The Balaban J connectivity index is 1.85. The Morgan fingerprint density at radius 2 is 2.16 bits per heavy atom. The van der Waals surface area contributed by atoms with Gasteiger partial charge in [0, 0.05) is 18.2 Å². The van der Waals surface area contributed by atoms with E-state index in [1.165, 1.54) is 12.8 Å². The molecule has 0 aromatic heterocycles. The van der Waals surface area contributed by atoms with Crippen LogP contribution in [0.2, 0.25) is 0 Å². The maximum atomic E-state index is 11.8. The lowest BCUT2D eigenvalue weighted by molar-refractivity contribution is -0.123. The highest BCUT2D eigenvalue weighted by molar-refractivity contribution is 5.77. The number of benzene rings is 1. The van der Waals surface area contributed by atoms with Crippen LogP contribution in [0.25, 0.3) is 0 Å². The predicted molar refractivity (Wildman–Crippen MR) is 75.0 cm³/mol. The molecule has 0 unspecified atom stereocenters. The largest absolute Gasteiger partial charge is 0.483 e. The van der Waals surface area contributed by atoms with E-state index in [1.54, 1.807) is 0 Å². The van der Waals surface area contributed by atoms with Crippen molar-refractivity contribution in [2.75, 3.05) is 6.61 Å². The first-order chi connectivity index (χ1) is 9.19. The lowest BCUT2D eigenvalue weighted by Crippen LogP contribution is -2.36. The molecule has 4 heteroatoms. The van der Waals surface area contributed by atoms with E-state index in [9.17, 15) is 4.79 Å². The molecule has 2 rings (SSSR count). The molecule has 104 valence electrons. The first-order valence-electron chi connectivity index (χ1n) is 6.91. The van der Waals surface area contributed by atoms with Gasteiger partial charge >= 0.3 is 0 Å². The van der Waals surface area contributed by atoms with Gasteiger partial charge in [-0.05, 0) is 25.8 Å². The van der Waals surface area contributed by atoms with Crippen LogP contribution < -0.4 is 15.8 Å². The first-order valence-corrected chi connectivity index (χ1v) is 6.91. The minimum absolute atomic E-state index is 0.0459. The van der Waals surface area contributed by atoms with Crippen molar-refractivity contribution < 1.29 is 9.53 Å². The van der Waals surface area contributed by atoms with Crippen molar-refractivity contribution in [2.24, 2.45) is 5.73 Å². The van der Waals surface area contributed by atoms with Gasteiger partial charge in [-0.15, -0.1) is 0 Å². The van der Waals surface area contributed by atoms with Gasteiger partial charge in [0.05, 0.1) is 0 Å². The smallest absolute Gasteiger partial charge is 0.258 e. The summed E-state index contributed by atoms with van der Waals surface area (Å²) in [4.78, 5) is 11.8. The maximum Gasteiger partial charge on any atom is 0.258 e. The van der Waals surface area contributed by atoms with E-state index in [1.807, 2.05) is 25.1 Å². The van der Waals surface area contributed by atoms with Crippen LogP contribution in [0.1, 0.15) is 36.8 Å². The van der Waals surface area contributed by atoms with Gasteiger partial charge in [0.15, 0.2) is 6.61 Å². The number of hydrogen-bond donors (Lipinski definition) is 2. The summed E-state index contributed by atoms with van der Waals surface area (Å²) >= 11 is 0. The molecular formula is C15H22N2O2. The van der Waals surface area contributed by atoms with Crippen LogP contribution in [-0.4, -0.2) is 18.6 Å². The predicted octanol–water partition coefficient (Wildman–Crippen LogP) is 1.89. The van der Waals surface area contributed by atoms with E-state index in [0.29, 0.717) is 18.3 Å². The van der Waals surface area contributed by atoms with E-state index in [4.69, 9.17) is 10.5 Å². The fraction of sp³-hybridized carbons (Fsp3) is 0.533. The second kappa shape index (κ2) is 6.57. The van der Waals surface area contributed by atoms with Crippen LogP contribution in [0.4, 0.5) is 0 Å². The molecule has 1 aromatic rings. The molecule has 4 nitrogen and oxygen atoms in total. The van der Waals surface area contributed by atoms with E-state index in [2.05, 4.69) is 5.32 Å². The van der Waals surface area contributed by atoms with Crippen molar-refractivity contribution in [3.63, 3.8) is 0 Å². The Labute approximate surface area is 114 Å². The summed E-state index contributed by atoms with van der Waals surface area (Å²) in [5, 5.41) is 3.00. The van der Waals surface area contributed by atoms with Crippen molar-refractivity contribution in [1.29, 1.82) is 0 Å². The normalized spacial score (nSPS) is 15.5. The lowest BCUT2D eigenvalue weighted by atomic mass is 10.1. The van der Waals surface area contributed by atoms with Gasteiger partial charge in [0.25, 0.3) is 5.91 Å². The number of carbonyl (C=O) groups is 1. The summed E-state index contributed by atoms with van der Waals surface area (Å²) in [6.07, 6.45) is 4.59. The Bertz CT molecular complexity index is 440. The molecule has 0 heterocycles. The molecule has 3 N–H and O–H groups in total. The Morgan fingerprint density at radius 3 is 2.84 bits per heavy atom. The Morgan fingerprint density at radius 1 is 1.42 bits per heavy atom. The average Bonchev–Trinajstić information content (AvgIpc) is 2.90. The fourth-order valence-electron chi connectivity index (χ4n) is 2.49. The van der Waals surface area contributed by atoms with Crippen molar-refractivity contribution >= 4 is 5.91 Å². The second-order valence-corrected chi connectivity index (χ2v) is 5.15. The quantitative estimate of drug-likeness (QED) is 0.851. The van der Waals surface area contributed by atoms with E-state index in [-0.39, 0.29) is 12.5 Å². The van der Waals surface area contributed by atoms with Crippen molar-refractivity contribution in [3.8, 4) is 5.75 Å². The molecule has 1 fully saturated rings. The van der Waals surface area contributed by atoms with E-state index in [0.717, 1.165) is 24.0 Å². The molecule has 0 saturated heterocycles. The highest BCUT2D eigenvalue weighted by atomic mass is 16.5. The van der Waals surface area contributed by atoms with Gasteiger partial charge in [-0.3, -0.25) is 4.79 Å². The SMILES string of the molecule is Cc1ccc(OCC(=O)NC2CCCC2)c(CN)c1. The number of nitrogens with one attached hydrogen (secondary N) is 1. The third-order valence-electron chi connectivity index (χ3n) is 3.51. The van der Waals surface area contributed by atoms with E-state index < -0.39 is 0 Å². The lowest BCUT2D eigenvalue weighted by Gasteiger charge is -2.14. The third kappa shape index (κ3) is 3.96. The van der Waals surface area contributed by atoms with Crippen LogP contribution in [0.5, 0.6) is 5.75 Å². The summed E-state index contributed by atoms with van der Waals surface area (Å²) in [6.45, 7) is 2.49. The van der Waals surface area contributed by atoms with Crippen LogP contribution in [0.15, 0.2) is 18.2 Å². The van der Waals surface area contributed by atoms with Gasteiger partial charge in [0.2, 0.25) is 0 Å². The number of carbonyl (C=O) groups excluding carboxylic acids is 1. The standard InChI is InChI=1S/C15H22N2O2/c1-11-6-7-14(12(8-11)9-16)19-10-15(18)17-13-4-2-3-5-13/h6-8,13H,2-5,9-10,16H2,1H3,(H,17,18). The van der Waals surface area contributed by atoms with Crippen molar-refractivity contribution in [1.82, 2.24) is 5.32 Å². The van der Waals surface area contributed by atoms with Crippen molar-refractivity contribution in [2.45, 2.75) is 45.2 Å². The van der Waals surface area contributed by atoms with Crippen molar-refractivity contribution in [3.05, 3.63) is 29.3 Å². The third-order valence-corrected chi connectivity index (χ3v) is 3.51. The molecule has 1 aromatic carbocycles. The van der Waals surface area contributed by atoms with Crippen LogP contribution in [0.3, 0.4) is 0 Å². The highest BCUT2D eigenvalue weighted by Gasteiger charge is 2.17. The zero-order valence-corrected chi connectivity index (χ0v) is 11.4. The molecule has 0 bridgehead atoms. The number of rotatable bonds is 5. The summed E-state index contributed by atoms with van der Waals surface area (Å²) in [5.74, 6) is 0.658. The first kappa shape index (κ1) is 13.9. The maximum absolute atomic E-state index is 11.8. The molecule has 0 radical (unpaired) electrons. The van der Waals surface area contributed by atoms with Gasteiger partial charge in [-0.1, -0.05) is 30.5 Å². The zero-order valence-electron chi connectivity index (χ0n) is 11.4. The molecule has 1 amide bonds. The molecule has 0 aliphatic heterocycles. The molecule has 0 spiro atoms. The number of hydrogen-bond acceptors (Lipinski definition) is 3. The average molecular weight is 262 g/mol. The number of aryl methyl sites for hydroxylation is 1. The molecule has 19 heavy (non-hydrogen) atoms. The molecule has 1 aliphatic rings. The number of amides is 1. The summed E-state index contributed by atoms with van der Waals surface area (Å²) < 4.78 is 5.56. The molecule has 0 atom stereocenters. The summed E-state index contributed by atoms with van der Waals surface area (Å²) in [6, 6.07) is 6.16. The second-order valence-electron chi connectivity index (χ2n) is 5.15. The fourth-order valence-corrected chi connectivity index (χ4v) is 2.49. The Hall–Kier alpha value is -1.55. The number of nitrogens with two attached hydrogens (primary N) is 1. The van der Waals surface area contributed by atoms with E-state index >= 15 is 0 Å². The van der Waals surface area contributed by atoms with Gasteiger partial charge in [-0.25, -0.2) is 0 Å². The Kier molecular flexibility index (Phi) is 4.80. The molecular weight excluding hydrogens is 240 g/mol. The highest BCUT2D eigenvalue weighted by Crippen LogP contribution is 2.20. The van der Waals surface area contributed by atoms with Gasteiger partial charge < -0.3 is 15.8 Å². The minimum atomic E-state index is -0.0459. The van der Waals surface area contributed by atoms with Crippen LogP contribution in [0, 0.1) is 6.92 Å². The molecule has 1 saturated carbocycles. The minimum Gasteiger partial charge on any atom is -0.483 e. The zero-order chi connectivity index (χ0) is 13.7. The molecule has 1 aliphatic carbocycles. The summed E-state index contributed by atoms with van der Waals surface area (Å²) in [5.41, 5.74) is 7.76. The summed E-state index contributed by atoms with van der Waals surface area (Å²) in [7, 11) is 0. The number of ether oxygens (including phenoxy) is 1. The van der Waals surface area contributed by atoms with Gasteiger partial charge in [-0.2, -0.15) is 0 Å². The van der Waals surface area contributed by atoms with Crippen LogP contribution >= 0.6 is 0 Å².